The van der Waals surface area contributed by atoms with Crippen molar-refractivity contribution in [1.82, 2.24) is 24.4 Å². The van der Waals surface area contributed by atoms with Crippen molar-refractivity contribution < 1.29 is 24.0 Å². The van der Waals surface area contributed by atoms with E-state index in [0.29, 0.717) is 40.4 Å². The molecule has 47 heavy (non-hydrogen) atoms. The van der Waals surface area contributed by atoms with Crippen LogP contribution in [0.15, 0.2) is 42.9 Å². The minimum absolute atomic E-state index is 0. The summed E-state index contributed by atoms with van der Waals surface area (Å²) in [6, 6.07) is 6.80. The average molecular weight is 649 g/mol. The predicted octanol–water partition coefficient (Wildman–Crippen LogP) is 6.49. The molecule has 1 aromatic carbocycles. The fourth-order valence-corrected chi connectivity index (χ4v) is 4.72. The lowest BCUT2D eigenvalue weighted by molar-refractivity contribution is -0.384. The second-order valence-electron chi connectivity index (χ2n) is 12.3. The van der Waals surface area contributed by atoms with Gasteiger partial charge in [-0.1, -0.05) is 7.43 Å². The number of nitrogens with zero attached hydrogens (tertiary/aromatic N) is 7. The lowest BCUT2D eigenvalue weighted by Crippen LogP contribution is -2.38. The summed E-state index contributed by atoms with van der Waals surface area (Å²) in [5.74, 6) is -0.441. The highest BCUT2D eigenvalue weighted by Gasteiger charge is 2.25. The number of aromatic nitrogens is 4. The summed E-state index contributed by atoms with van der Waals surface area (Å²) in [7, 11) is 5.19. The van der Waals surface area contributed by atoms with Crippen LogP contribution in [0.1, 0.15) is 58.0 Å². The topological polar surface area (TPSA) is 158 Å². The van der Waals surface area contributed by atoms with E-state index in [4.69, 9.17) is 14.5 Å². The van der Waals surface area contributed by atoms with Crippen LogP contribution in [-0.4, -0.2) is 80.3 Å². The van der Waals surface area contributed by atoms with E-state index in [-0.39, 0.29) is 37.3 Å². The van der Waals surface area contributed by atoms with Crippen LogP contribution in [0.2, 0.25) is 0 Å². The van der Waals surface area contributed by atoms with E-state index in [9.17, 15) is 19.7 Å². The van der Waals surface area contributed by atoms with E-state index in [0.717, 1.165) is 5.39 Å². The third kappa shape index (κ3) is 8.51. The number of esters is 1. The Kier molecular flexibility index (Phi) is 11.1. The van der Waals surface area contributed by atoms with Gasteiger partial charge in [-0.2, -0.15) is 0 Å². The minimum atomic E-state index is -0.635. The summed E-state index contributed by atoms with van der Waals surface area (Å²) >= 11 is 0. The van der Waals surface area contributed by atoms with Gasteiger partial charge in [-0.3, -0.25) is 10.1 Å². The van der Waals surface area contributed by atoms with Gasteiger partial charge < -0.3 is 29.2 Å². The summed E-state index contributed by atoms with van der Waals surface area (Å²) in [6.45, 7) is 11.3. The van der Waals surface area contributed by atoms with Crippen molar-refractivity contribution in [2.75, 3.05) is 37.4 Å². The van der Waals surface area contributed by atoms with Gasteiger partial charge in [-0.25, -0.2) is 24.5 Å². The first kappa shape index (κ1) is 36.2. The number of pyridine rings is 1. The molecule has 3 aromatic heterocycles. The first-order valence-electron chi connectivity index (χ1n) is 14.8. The van der Waals surface area contributed by atoms with Crippen molar-refractivity contribution in [2.45, 2.75) is 60.7 Å². The number of nitro groups is 1. The number of fused-ring (bicyclic) bond motifs is 1. The van der Waals surface area contributed by atoms with Crippen molar-refractivity contribution in [1.29, 1.82) is 0 Å². The SMILES string of the molecule is C.Cc1cc(N(C)CCN(C)C(=O)OC(C)(C)C)c([N+](=O)[O-])cc1Nc1ncc(C(=O)OC(C)C)c(-c2cn(C)c3ncccc23)n1. The van der Waals surface area contributed by atoms with Gasteiger partial charge in [0.25, 0.3) is 5.69 Å². The summed E-state index contributed by atoms with van der Waals surface area (Å²) in [6.07, 6.45) is 4.07. The Morgan fingerprint density at radius 3 is 2.49 bits per heavy atom. The van der Waals surface area contributed by atoms with Gasteiger partial charge in [0.2, 0.25) is 5.95 Å². The smallest absolute Gasteiger partial charge is 0.410 e. The number of carbonyl (C=O) groups excluding carboxylic acids is 2. The van der Waals surface area contributed by atoms with Gasteiger partial charge in [0.15, 0.2) is 0 Å². The number of carbonyl (C=O) groups is 2. The molecule has 1 amide bonds. The summed E-state index contributed by atoms with van der Waals surface area (Å²) in [5.41, 5.74) is 2.57. The quantitative estimate of drug-likeness (QED) is 0.114. The molecule has 0 bridgehead atoms. The van der Waals surface area contributed by atoms with Crippen molar-refractivity contribution in [3.63, 3.8) is 0 Å². The number of aryl methyl sites for hydroxylation is 2. The molecule has 0 aliphatic heterocycles. The van der Waals surface area contributed by atoms with Gasteiger partial charge in [0.1, 0.15) is 22.5 Å². The summed E-state index contributed by atoms with van der Waals surface area (Å²) < 4.78 is 12.7. The zero-order valence-electron chi connectivity index (χ0n) is 27.6. The number of rotatable bonds is 10. The zero-order valence-corrected chi connectivity index (χ0v) is 27.6. The highest BCUT2D eigenvalue weighted by atomic mass is 16.6. The maximum atomic E-state index is 13.1. The van der Waals surface area contributed by atoms with E-state index in [2.05, 4.69) is 15.3 Å². The molecule has 252 valence electrons. The van der Waals surface area contributed by atoms with Crippen molar-refractivity contribution in [2.24, 2.45) is 7.05 Å². The fraction of sp³-hybridized carbons (Fsp3) is 0.424. The Morgan fingerprint density at radius 1 is 1.15 bits per heavy atom. The van der Waals surface area contributed by atoms with E-state index in [1.54, 1.807) is 71.9 Å². The third-order valence-electron chi connectivity index (χ3n) is 6.99. The van der Waals surface area contributed by atoms with Crippen molar-refractivity contribution in [3.8, 4) is 11.3 Å². The molecule has 14 heteroatoms. The van der Waals surface area contributed by atoms with E-state index in [1.807, 2.05) is 30.8 Å². The Labute approximate surface area is 274 Å². The number of likely N-dealkylation sites (N-methyl/N-ethyl adjacent to an activating group) is 2. The number of amides is 1. The minimum Gasteiger partial charge on any atom is -0.459 e. The lowest BCUT2D eigenvalue weighted by Gasteiger charge is -2.27. The summed E-state index contributed by atoms with van der Waals surface area (Å²) in [5, 5.41) is 16.1. The zero-order chi connectivity index (χ0) is 33.9. The van der Waals surface area contributed by atoms with Crippen LogP contribution in [0.3, 0.4) is 0 Å². The van der Waals surface area contributed by atoms with Crippen LogP contribution in [0.25, 0.3) is 22.3 Å². The molecule has 0 spiro atoms. The number of hydrogen-bond acceptors (Lipinski definition) is 11. The van der Waals surface area contributed by atoms with Gasteiger partial charge in [0, 0.05) is 69.8 Å². The molecule has 0 saturated heterocycles. The molecule has 0 aliphatic carbocycles. The van der Waals surface area contributed by atoms with E-state index >= 15 is 0 Å². The fourth-order valence-electron chi connectivity index (χ4n) is 4.72. The molecule has 0 aliphatic rings. The number of nitro benzene ring substituents is 1. The number of anilines is 3. The standard InChI is InChI=1S/C32H40N8O6.CH4/c1-19(2)45-29(41)22-17-34-30(36-27(22)23-18-39(9)28-21(23)11-10-12-33-28)35-24-16-26(40(43)44)25(15-20(24)3)37(7)13-14-38(8)31(42)46-32(4,5)6;/h10-12,15-19H,13-14H2,1-9H3,(H,34,35,36);1H4. The third-order valence-corrected chi connectivity index (χ3v) is 6.99. The van der Waals surface area contributed by atoms with Gasteiger partial charge in [0.05, 0.1) is 22.4 Å². The molecule has 0 radical (unpaired) electrons. The van der Waals surface area contributed by atoms with Crippen molar-refractivity contribution >= 4 is 46.1 Å². The van der Waals surface area contributed by atoms with Crippen LogP contribution < -0.4 is 10.2 Å². The monoisotopic (exact) mass is 648 g/mol. The highest BCUT2D eigenvalue weighted by molar-refractivity contribution is 6.02. The van der Waals surface area contributed by atoms with Gasteiger partial charge in [-0.05, 0) is 65.3 Å². The molecule has 0 saturated carbocycles. The van der Waals surface area contributed by atoms with E-state index < -0.39 is 22.6 Å². The maximum Gasteiger partial charge on any atom is 0.410 e. The van der Waals surface area contributed by atoms with Crippen LogP contribution >= 0.6 is 0 Å². The van der Waals surface area contributed by atoms with E-state index in [1.165, 1.54) is 17.2 Å². The van der Waals surface area contributed by atoms with Crippen LogP contribution in [0, 0.1) is 17.0 Å². The molecular formula is C33H44N8O6. The maximum absolute atomic E-state index is 13.1. The molecule has 0 atom stereocenters. The normalized spacial score (nSPS) is 11.2. The van der Waals surface area contributed by atoms with Gasteiger partial charge in [-0.15, -0.1) is 0 Å². The molecule has 1 N–H and O–H groups in total. The number of benzene rings is 1. The molecular weight excluding hydrogens is 604 g/mol. The Hall–Kier alpha value is -5.27. The highest BCUT2D eigenvalue weighted by Crippen LogP contribution is 2.36. The lowest BCUT2D eigenvalue weighted by atomic mass is 10.1. The Bertz CT molecular complexity index is 1780. The predicted molar refractivity (Wildman–Crippen MR) is 182 cm³/mol. The Morgan fingerprint density at radius 2 is 1.85 bits per heavy atom. The molecule has 4 aromatic rings. The van der Waals surface area contributed by atoms with Gasteiger partial charge >= 0.3 is 12.1 Å². The van der Waals surface area contributed by atoms with Crippen LogP contribution in [0.4, 0.5) is 27.8 Å². The molecule has 4 rings (SSSR count). The second-order valence-corrected chi connectivity index (χ2v) is 12.3. The second kappa shape index (κ2) is 14.4. The molecule has 0 unspecified atom stereocenters. The van der Waals surface area contributed by atoms with Crippen LogP contribution in [-0.2, 0) is 16.5 Å². The molecule has 3 heterocycles. The first-order valence-corrected chi connectivity index (χ1v) is 14.8. The first-order chi connectivity index (χ1) is 21.6. The summed E-state index contributed by atoms with van der Waals surface area (Å²) in [4.78, 5) is 53.8. The number of nitrogens with one attached hydrogen (secondary N) is 1. The van der Waals surface area contributed by atoms with Crippen LogP contribution in [0.5, 0.6) is 0 Å². The average Bonchev–Trinajstić information content (AvgIpc) is 3.31. The van der Waals surface area contributed by atoms with Crippen molar-refractivity contribution in [3.05, 3.63) is 64.1 Å². The molecule has 14 nitrogen and oxygen atoms in total. The number of hydrogen-bond donors (Lipinski definition) is 1. The molecule has 0 fully saturated rings. The Balaban J connectivity index is 0.00000600. The largest absolute Gasteiger partial charge is 0.459 e. The number of ether oxygens (including phenoxy) is 2.